The van der Waals surface area contributed by atoms with Gasteiger partial charge in [-0.1, -0.05) is 36.4 Å². The molecule has 0 saturated carbocycles. The smallest absolute Gasteiger partial charge is 0.335 e. The van der Waals surface area contributed by atoms with Gasteiger partial charge in [0.15, 0.2) is 5.82 Å². The summed E-state index contributed by atoms with van der Waals surface area (Å²) in [6.07, 6.45) is 3.30. The number of hydrogen-bond donors (Lipinski definition) is 2. The van der Waals surface area contributed by atoms with Crippen molar-refractivity contribution in [1.29, 1.82) is 0 Å². The highest BCUT2D eigenvalue weighted by Gasteiger charge is 2.10. The molecule has 0 aliphatic rings. The van der Waals surface area contributed by atoms with E-state index in [4.69, 9.17) is 21.4 Å². The van der Waals surface area contributed by atoms with Gasteiger partial charge in [-0.15, -0.1) is 0 Å². The first-order valence-corrected chi connectivity index (χ1v) is 8.34. The van der Waals surface area contributed by atoms with Gasteiger partial charge in [0, 0.05) is 0 Å². The van der Waals surface area contributed by atoms with Gasteiger partial charge in [0.1, 0.15) is 12.4 Å². The summed E-state index contributed by atoms with van der Waals surface area (Å²) in [7, 11) is 0. The number of carbonyl (C=O) groups is 1. The molecule has 7 heteroatoms. The number of aromatic nitrogens is 2. The van der Waals surface area contributed by atoms with E-state index in [0.717, 1.165) is 5.56 Å². The number of carboxylic acid groups (broad SMARTS) is 1. The molecule has 0 aliphatic heterocycles. The number of aromatic carboxylic acids is 1. The molecule has 1 heterocycles. The minimum atomic E-state index is -1.10. The maximum atomic E-state index is 12.2. The van der Waals surface area contributed by atoms with Crippen LogP contribution in [0.5, 0.6) is 5.75 Å². The molecule has 3 rings (SSSR count). The molecule has 0 spiro atoms. The van der Waals surface area contributed by atoms with E-state index in [1.807, 2.05) is 12.1 Å². The second-order valence-electron chi connectivity index (χ2n) is 5.61. The van der Waals surface area contributed by atoms with Crippen molar-refractivity contribution < 1.29 is 14.6 Å². The minimum Gasteiger partial charge on any atom is -0.490 e. The van der Waals surface area contributed by atoms with Crippen LogP contribution in [0.1, 0.15) is 21.7 Å². The van der Waals surface area contributed by atoms with Gasteiger partial charge in [-0.2, -0.15) is 0 Å². The van der Waals surface area contributed by atoms with Crippen LogP contribution in [0.25, 0.3) is 22.0 Å². The fraction of sp³-hybridized carbons (Fsp3) is 0.0500. The third-order valence-electron chi connectivity index (χ3n) is 3.72. The zero-order valence-electron chi connectivity index (χ0n) is 14.1. The summed E-state index contributed by atoms with van der Waals surface area (Å²) in [6.45, 7) is 4.00. The van der Waals surface area contributed by atoms with Crippen molar-refractivity contribution in [3.63, 3.8) is 0 Å². The Bertz CT molecular complexity index is 1100. The van der Waals surface area contributed by atoms with Crippen LogP contribution in [0.4, 0.5) is 0 Å². The number of aromatic amines is 1. The molecule has 6 nitrogen and oxygen atoms in total. The predicted molar refractivity (Wildman–Crippen MR) is 105 cm³/mol. The molecule has 0 fully saturated rings. The van der Waals surface area contributed by atoms with Crippen LogP contribution in [-0.4, -0.2) is 27.7 Å². The van der Waals surface area contributed by atoms with E-state index in [-0.39, 0.29) is 27.3 Å². The molecule has 0 aliphatic carbocycles. The molecular formula is C20H15ClN2O4. The van der Waals surface area contributed by atoms with E-state index >= 15 is 0 Å². The number of rotatable bonds is 6. The highest BCUT2D eigenvalue weighted by atomic mass is 35.5. The van der Waals surface area contributed by atoms with Gasteiger partial charge in [0.2, 0.25) is 0 Å². The number of H-pyrrole nitrogens is 1. The molecule has 0 atom stereocenters. The van der Waals surface area contributed by atoms with Crippen molar-refractivity contribution in [2.75, 3.05) is 6.61 Å². The molecule has 0 unspecified atom stereocenters. The fourth-order valence-corrected chi connectivity index (χ4v) is 2.63. The number of benzene rings is 2. The maximum Gasteiger partial charge on any atom is 0.335 e. The number of nitrogens with one attached hydrogen (secondary N) is 1. The molecule has 1 aromatic heterocycles. The van der Waals surface area contributed by atoms with E-state index in [2.05, 4.69) is 16.5 Å². The molecule has 2 N–H and O–H groups in total. The van der Waals surface area contributed by atoms with Crippen molar-refractivity contribution in [2.45, 2.75) is 0 Å². The standard InChI is InChI=1S/C20H15ClN2O4/c1-2-9-27-14-6-3-12(4-7-14)10-16(21)18-22-17-11-13(20(25)26)5-8-15(17)19(24)23-18/h2-8,10-11H,1,9H2,(H,25,26)(H,22,23,24). The lowest BCUT2D eigenvalue weighted by Crippen LogP contribution is -2.11. The van der Waals surface area contributed by atoms with E-state index < -0.39 is 11.5 Å². The first kappa shape index (κ1) is 18.4. The maximum absolute atomic E-state index is 12.2. The first-order chi connectivity index (χ1) is 13.0. The van der Waals surface area contributed by atoms with Crippen molar-refractivity contribution in [3.05, 3.63) is 82.4 Å². The summed E-state index contributed by atoms with van der Waals surface area (Å²) in [5.41, 5.74) is 0.690. The number of hydrogen-bond acceptors (Lipinski definition) is 4. The number of ether oxygens (including phenoxy) is 1. The summed E-state index contributed by atoms with van der Waals surface area (Å²) < 4.78 is 5.41. The molecule has 0 saturated heterocycles. The summed E-state index contributed by atoms with van der Waals surface area (Å²) in [5, 5.41) is 9.60. The van der Waals surface area contributed by atoms with Gasteiger partial charge in [0.05, 0.1) is 21.5 Å². The molecular weight excluding hydrogens is 368 g/mol. The van der Waals surface area contributed by atoms with Crippen LogP contribution >= 0.6 is 11.6 Å². The van der Waals surface area contributed by atoms with Gasteiger partial charge < -0.3 is 14.8 Å². The lowest BCUT2D eigenvalue weighted by molar-refractivity contribution is 0.0697. The lowest BCUT2D eigenvalue weighted by Gasteiger charge is -2.05. The van der Waals surface area contributed by atoms with Crippen molar-refractivity contribution in [3.8, 4) is 5.75 Å². The van der Waals surface area contributed by atoms with Gasteiger partial charge in [-0.05, 0) is 42.0 Å². The molecule has 0 bridgehead atoms. The topological polar surface area (TPSA) is 92.3 Å². The molecule has 0 radical (unpaired) electrons. The Morgan fingerprint density at radius 3 is 2.67 bits per heavy atom. The zero-order chi connectivity index (χ0) is 19.4. The summed E-state index contributed by atoms with van der Waals surface area (Å²) >= 11 is 6.31. The molecule has 3 aromatic rings. The summed E-state index contributed by atoms with van der Waals surface area (Å²) in [4.78, 5) is 30.2. The van der Waals surface area contributed by atoms with Crippen molar-refractivity contribution >= 4 is 39.6 Å². The average molecular weight is 383 g/mol. The van der Waals surface area contributed by atoms with Gasteiger partial charge in [-0.25, -0.2) is 9.78 Å². The van der Waals surface area contributed by atoms with E-state index in [0.29, 0.717) is 12.4 Å². The number of nitrogens with zero attached hydrogens (tertiary/aromatic N) is 1. The van der Waals surface area contributed by atoms with E-state index in [1.54, 1.807) is 24.3 Å². The monoisotopic (exact) mass is 382 g/mol. The largest absolute Gasteiger partial charge is 0.490 e. The van der Waals surface area contributed by atoms with Crippen LogP contribution in [0.2, 0.25) is 0 Å². The predicted octanol–water partition coefficient (Wildman–Crippen LogP) is 3.92. The number of fused-ring (bicyclic) bond motifs is 1. The third-order valence-corrected chi connectivity index (χ3v) is 4.01. The molecule has 2 aromatic carbocycles. The van der Waals surface area contributed by atoms with Gasteiger partial charge in [0.25, 0.3) is 5.56 Å². The van der Waals surface area contributed by atoms with Crippen LogP contribution in [0.15, 0.2) is 59.9 Å². The summed E-state index contributed by atoms with van der Waals surface area (Å²) in [6, 6.07) is 11.3. The molecule has 0 amide bonds. The van der Waals surface area contributed by atoms with Crippen LogP contribution in [0, 0.1) is 0 Å². The quantitative estimate of drug-likeness (QED) is 0.630. The minimum absolute atomic E-state index is 0.0433. The Morgan fingerprint density at radius 1 is 1.26 bits per heavy atom. The fourth-order valence-electron chi connectivity index (χ4n) is 2.42. The molecule has 27 heavy (non-hydrogen) atoms. The van der Waals surface area contributed by atoms with Crippen LogP contribution in [-0.2, 0) is 0 Å². The Kier molecular flexibility index (Phi) is 5.38. The van der Waals surface area contributed by atoms with Crippen LogP contribution < -0.4 is 10.3 Å². The Hall–Kier alpha value is -3.38. The first-order valence-electron chi connectivity index (χ1n) is 7.96. The number of halogens is 1. The number of carboxylic acids is 1. The molecule has 136 valence electrons. The highest BCUT2D eigenvalue weighted by Crippen LogP contribution is 2.22. The normalized spacial score (nSPS) is 11.4. The van der Waals surface area contributed by atoms with Crippen molar-refractivity contribution in [2.24, 2.45) is 0 Å². The van der Waals surface area contributed by atoms with Gasteiger partial charge in [-0.3, -0.25) is 4.79 Å². The van der Waals surface area contributed by atoms with Gasteiger partial charge >= 0.3 is 5.97 Å². The average Bonchev–Trinajstić information content (AvgIpc) is 2.66. The second kappa shape index (κ2) is 7.88. The second-order valence-corrected chi connectivity index (χ2v) is 6.02. The highest BCUT2D eigenvalue weighted by molar-refractivity contribution is 6.50. The van der Waals surface area contributed by atoms with E-state index in [9.17, 15) is 9.59 Å². The zero-order valence-corrected chi connectivity index (χ0v) is 14.9. The van der Waals surface area contributed by atoms with E-state index in [1.165, 1.54) is 18.2 Å². The Balaban J connectivity index is 1.95. The summed E-state index contributed by atoms with van der Waals surface area (Å²) in [5.74, 6) is -0.244. The SMILES string of the molecule is C=CCOc1ccc(C=C(Cl)c2nc3cc(C(=O)O)ccc3c(=O)[nH]2)cc1. The third kappa shape index (κ3) is 4.24. The Morgan fingerprint density at radius 2 is 2.00 bits per heavy atom. The van der Waals surface area contributed by atoms with Crippen molar-refractivity contribution in [1.82, 2.24) is 9.97 Å². The van der Waals surface area contributed by atoms with Crippen LogP contribution in [0.3, 0.4) is 0 Å². The Labute approximate surface area is 159 Å². The lowest BCUT2D eigenvalue weighted by atomic mass is 10.1.